The molecule has 4 aromatic rings. The van der Waals surface area contributed by atoms with Crippen LogP contribution in [0.3, 0.4) is 0 Å². The lowest BCUT2D eigenvalue weighted by Crippen LogP contribution is -2.41. The van der Waals surface area contributed by atoms with Crippen LogP contribution in [0.25, 0.3) is 11.4 Å². The highest BCUT2D eigenvalue weighted by atomic mass is 35.5. The van der Waals surface area contributed by atoms with Gasteiger partial charge >= 0.3 is 0 Å². The molecule has 0 bridgehead atoms. The molecule has 1 aliphatic rings. The third-order valence-corrected chi connectivity index (χ3v) is 6.95. The van der Waals surface area contributed by atoms with Gasteiger partial charge in [-0.25, -0.2) is 4.68 Å². The zero-order valence-electron chi connectivity index (χ0n) is 18.3. The molecule has 1 amide bonds. The van der Waals surface area contributed by atoms with E-state index in [1.54, 1.807) is 12.1 Å². The van der Waals surface area contributed by atoms with Gasteiger partial charge in [-0.3, -0.25) is 4.79 Å². The lowest BCUT2D eigenvalue weighted by atomic mass is 10.0. The summed E-state index contributed by atoms with van der Waals surface area (Å²) in [4.78, 5) is 13.4. The predicted molar refractivity (Wildman–Crippen MR) is 135 cm³/mol. The Morgan fingerprint density at radius 1 is 1.06 bits per heavy atom. The van der Waals surface area contributed by atoms with E-state index in [-0.39, 0.29) is 11.9 Å². The third-order valence-electron chi connectivity index (χ3n) is 5.41. The van der Waals surface area contributed by atoms with Crippen LogP contribution >= 0.6 is 23.4 Å². The molecule has 0 saturated carbocycles. The molecule has 2 heterocycles. The van der Waals surface area contributed by atoms with Crippen molar-refractivity contribution in [2.24, 2.45) is 0 Å². The maximum atomic E-state index is 13.4. The van der Waals surface area contributed by atoms with Gasteiger partial charge in [-0.2, -0.15) is 0 Å². The Bertz CT molecular complexity index is 1300. The van der Waals surface area contributed by atoms with E-state index < -0.39 is 5.25 Å². The monoisotopic (exact) mass is 491 g/mol. The number of nitrogens with one attached hydrogen (secondary N) is 2. The minimum atomic E-state index is -0.519. The van der Waals surface area contributed by atoms with Gasteiger partial charge in [0, 0.05) is 5.56 Å². The molecular weight excluding hydrogens is 470 g/mol. The van der Waals surface area contributed by atoms with Crippen LogP contribution in [0.2, 0.25) is 5.02 Å². The minimum Gasteiger partial charge on any atom is -0.494 e. The highest BCUT2D eigenvalue weighted by Crippen LogP contribution is 2.39. The van der Waals surface area contributed by atoms with Gasteiger partial charge in [0.05, 0.1) is 23.4 Å². The van der Waals surface area contributed by atoms with E-state index in [4.69, 9.17) is 16.3 Å². The summed E-state index contributed by atoms with van der Waals surface area (Å²) < 4.78 is 7.44. The maximum Gasteiger partial charge on any atom is 0.240 e. The lowest BCUT2D eigenvalue weighted by molar-refractivity contribution is -0.116. The lowest BCUT2D eigenvalue weighted by Gasteiger charge is -2.33. The zero-order chi connectivity index (χ0) is 23.5. The molecule has 0 fully saturated rings. The number of amides is 1. The first-order valence-electron chi connectivity index (χ1n) is 10.9. The molecular formula is C25H22ClN5O2S. The second kappa shape index (κ2) is 9.79. The number of ether oxygens (including phenoxy) is 1. The highest BCUT2D eigenvalue weighted by molar-refractivity contribution is 8.00. The Morgan fingerprint density at radius 2 is 1.79 bits per heavy atom. The van der Waals surface area contributed by atoms with Crippen LogP contribution in [0, 0.1) is 0 Å². The number of benzene rings is 3. The van der Waals surface area contributed by atoms with E-state index in [9.17, 15) is 4.79 Å². The maximum absolute atomic E-state index is 13.4. The number of hydrogen-bond acceptors (Lipinski definition) is 6. The molecule has 34 heavy (non-hydrogen) atoms. The van der Waals surface area contributed by atoms with Crippen molar-refractivity contribution in [2.75, 3.05) is 17.3 Å². The number of rotatable bonds is 6. The van der Waals surface area contributed by atoms with Gasteiger partial charge in [-0.15, -0.1) is 10.2 Å². The smallest absolute Gasteiger partial charge is 0.240 e. The second-order valence-electron chi connectivity index (χ2n) is 7.62. The summed E-state index contributed by atoms with van der Waals surface area (Å²) >= 11 is 7.65. The fourth-order valence-corrected chi connectivity index (χ4v) is 5.05. The van der Waals surface area contributed by atoms with Crippen molar-refractivity contribution in [1.82, 2.24) is 14.9 Å². The summed E-state index contributed by atoms with van der Waals surface area (Å²) in [5.74, 6) is 1.28. The van der Waals surface area contributed by atoms with Gasteiger partial charge in [0.15, 0.2) is 5.82 Å². The van der Waals surface area contributed by atoms with Gasteiger partial charge in [0.1, 0.15) is 11.0 Å². The molecule has 0 spiro atoms. The first-order valence-corrected chi connectivity index (χ1v) is 12.1. The molecule has 3 aromatic carbocycles. The van der Waals surface area contributed by atoms with Crippen LogP contribution in [0.5, 0.6) is 5.75 Å². The Balaban J connectivity index is 1.51. The number of para-hydroxylation sites is 1. The number of carbonyl (C=O) groups excluding carboxylic acids is 1. The molecule has 0 saturated heterocycles. The Hall–Kier alpha value is -3.49. The van der Waals surface area contributed by atoms with Gasteiger partial charge in [0.2, 0.25) is 11.1 Å². The van der Waals surface area contributed by atoms with E-state index in [1.807, 2.05) is 78.3 Å². The average Bonchev–Trinajstić information content (AvgIpc) is 3.29. The molecule has 2 unspecified atom stereocenters. The summed E-state index contributed by atoms with van der Waals surface area (Å²) in [5.41, 5.74) is 5.91. The first kappa shape index (κ1) is 22.3. The summed E-state index contributed by atoms with van der Waals surface area (Å²) in [6, 6.07) is 24.4. The largest absolute Gasteiger partial charge is 0.494 e. The predicted octanol–water partition coefficient (Wildman–Crippen LogP) is 5.40. The van der Waals surface area contributed by atoms with E-state index >= 15 is 0 Å². The van der Waals surface area contributed by atoms with E-state index in [0.717, 1.165) is 16.9 Å². The van der Waals surface area contributed by atoms with Crippen molar-refractivity contribution in [3.63, 3.8) is 0 Å². The van der Waals surface area contributed by atoms with E-state index in [2.05, 4.69) is 20.9 Å². The fourth-order valence-electron chi connectivity index (χ4n) is 3.78. The summed E-state index contributed by atoms with van der Waals surface area (Å²) in [6.45, 7) is 2.53. The van der Waals surface area contributed by atoms with Crippen LogP contribution in [-0.4, -0.2) is 32.6 Å². The molecule has 5 rings (SSSR count). The molecule has 172 valence electrons. The van der Waals surface area contributed by atoms with Gasteiger partial charge in [-0.05, 0) is 36.8 Å². The van der Waals surface area contributed by atoms with E-state index in [1.165, 1.54) is 11.8 Å². The number of fused-ring (bicyclic) bond motifs is 1. The Labute approximate surface area is 206 Å². The summed E-state index contributed by atoms with van der Waals surface area (Å²) in [5, 5.41) is 12.3. The normalized spacial score (nSPS) is 16.9. The van der Waals surface area contributed by atoms with Gasteiger partial charge in [-0.1, -0.05) is 78.0 Å². The topological polar surface area (TPSA) is 81.1 Å². The molecule has 1 aliphatic heterocycles. The van der Waals surface area contributed by atoms with Gasteiger partial charge < -0.3 is 15.5 Å². The standard InChI is InChI=1S/C25H22ClN5O2S/c1-2-33-18-14-12-16(13-15-18)21-22(24(32)27-20-11-7-6-10-19(20)26)34-25-29-28-23(31(25)30-21)17-8-4-3-5-9-17/h3-15,21-22,30H,2H2,1H3,(H,27,32). The molecule has 2 N–H and O–H groups in total. The molecule has 0 aliphatic carbocycles. The number of nitrogens with zero attached hydrogens (tertiary/aromatic N) is 3. The minimum absolute atomic E-state index is 0.181. The second-order valence-corrected chi connectivity index (χ2v) is 9.14. The highest BCUT2D eigenvalue weighted by Gasteiger charge is 2.38. The van der Waals surface area contributed by atoms with Crippen molar-refractivity contribution >= 4 is 35.0 Å². The summed E-state index contributed by atoms with van der Waals surface area (Å²) in [6.07, 6.45) is 0. The van der Waals surface area contributed by atoms with Gasteiger partial charge in [0.25, 0.3) is 0 Å². The average molecular weight is 492 g/mol. The van der Waals surface area contributed by atoms with Crippen molar-refractivity contribution in [1.29, 1.82) is 0 Å². The van der Waals surface area contributed by atoms with Crippen molar-refractivity contribution in [2.45, 2.75) is 23.4 Å². The molecule has 9 heteroatoms. The molecule has 2 atom stereocenters. The third kappa shape index (κ3) is 4.47. The van der Waals surface area contributed by atoms with Crippen molar-refractivity contribution in [3.8, 4) is 17.1 Å². The number of halogens is 1. The Kier molecular flexibility index (Phi) is 6.42. The van der Waals surface area contributed by atoms with Crippen LogP contribution in [0.15, 0.2) is 84.0 Å². The summed E-state index contributed by atoms with van der Waals surface area (Å²) in [7, 11) is 0. The Morgan fingerprint density at radius 3 is 2.53 bits per heavy atom. The molecule has 0 radical (unpaired) electrons. The number of anilines is 1. The number of thioether (sulfide) groups is 1. The van der Waals surface area contributed by atoms with Crippen LogP contribution < -0.4 is 15.5 Å². The number of aromatic nitrogens is 3. The van der Waals surface area contributed by atoms with Crippen LogP contribution in [-0.2, 0) is 4.79 Å². The molecule has 1 aromatic heterocycles. The zero-order valence-corrected chi connectivity index (χ0v) is 19.9. The number of carbonyl (C=O) groups is 1. The van der Waals surface area contributed by atoms with E-state index in [0.29, 0.717) is 28.3 Å². The van der Waals surface area contributed by atoms with Crippen molar-refractivity contribution < 1.29 is 9.53 Å². The first-order chi connectivity index (χ1) is 16.6. The van der Waals surface area contributed by atoms with Crippen LogP contribution in [0.4, 0.5) is 5.69 Å². The van der Waals surface area contributed by atoms with Crippen LogP contribution in [0.1, 0.15) is 18.5 Å². The number of hydrogen-bond donors (Lipinski definition) is 2. The molecule has 7 nitrogen and oxygen atoms in total. The fraction of sp³-hybridized carbons (Fsp3) is 0.160. The van der Waals surface area contributed by atoms with Crippen molar-refractivity contribution in [3.05, 3.63) is 89.4 Å². The quantitative estimate of drug-likeness (QED) is 0.376. The SMILES string of the molecule is CCOc1ccc(C2Nn3c(nnc3-c3ccccc3)SC2C(=O)Nc2ccccc2Cl)cc1.